The van der Waals surface area contributed by atoms with Crippen molar-refractivity contribution in [2.75, 3.05) is 4.90 Å². The first-order valence-electron chi connectivity index (χ1n) is 8.63. The molecule has 140 valence electrons. The number of nitrogens with one attached hydrogen (secondary N) is 2. The summed E-state index contributed by atoms with van der Waals surface area (Å²) in [4.78, 5) is 38.7. The molecule has 2 N–H and O–H groups in total. The van der Waals surface area contributed by atoms with Crippen molar-refractivity contribution in [3.8, 4) is 0 Å². The molecule has 0 radical (unpaired) electrons. The topological polar surface area (TPSA) is 78.5 Å². The zero-order valence-corrected chi connectivity index (χ0v) is 15.0. The molecule has 3 rings (SSSR count). The summed E-state index contributed by atoms with van der Waals surface area (Å²) in [5.74, 6) is -2.40. The predicted molar refractivity (Wildman–Crippen MR) is 98.2 cm³/mol. The van der Waals surface area contributed by atoms with Crippen LogP contribution in [0.1, 0.15) is 31.0 Å². The second-order valence-corrected chi connectivity index (χ2v) is 6.58. The van der Waals surface area contributed by atoms with E-state index in [-0.39, 0.29) is 24.3 Å². The van der Waals surface area contributed by atoms with E-state index in [9.17, 15) is 18.8 Å². The van der Waals surface area contributed by atoms with Gasteiger partial charge in [0.25, 0.3) is 5.91 Å². The average molecular weight is 369 g/mol. The first kappa shape index (κ1) is 18.6. The lowest BCUT2D eigenvalue weighted by molar-refractivity contribution is -0.140. The molecule has 0 bridgehead atoms. The number of fused-ring (bicyclic) bond motifs is 1. The molecule has 7 heteroatoms. The van der Waals surface area contributed by atoms with Crippen molar-refractivity contribution in [2.24, 2.45) is 0 Å². The van der Waals surface area contributed by atoms with Crippen molar-refractivity contribution >= 4 is 23.4 Å². The zero-order chi connectivity index (χ0) is 19.6. The fourth-order valence-corrected chi connectivity index (χ4v) is 3.08. The van der Waals surface area contributed by atoms with E-state index in [0.717, 1.165) is 5.69 Å². The zero-order valence-electron chi connectivity index (χ0n) is 15.0. The smallest absolute Gasteiger partial charge is 0.310 e. The predicted octanol–water partition coefficient (Wildman–Crippen LogP) is 2.05. The molecule has 0 spiro atoms. The summed E-state index contributed by atoms with van der Waals surface area (Å²) in [7, 11) is 0. The highest BCUT2D eigenvalue weighted by molar-refractivity contribution is 6.35. The molecule has 0 aliphatic carbocycles. The Kier molecular flexibility index (Phi) is 5.21. The number of benzene rings is 2. The van der Waals surface area contributed by atoms with Crippen molar-refractivity contribution in [2.45, 2.75) is 32.5 Å². The Labute approximate surface area is 156 Å². The molecular weight excluding hydrogens is 349 g/mol. The highest BCUT2D eigenvalue weighted by Gasteiger charge is 2.39. The minimum Gasteiger partial charge on any atom is -0.344 e. The minimum absolute atomic E-state index is 0.0761. The van der Waals surface area contributed by atoms with Crippen molar-refractivity contribution in [3.05, 3.63) is 65.5 Å². The van der Waals surface area contributed by atoms with E-state index < -0.39 is 17.9 Å². The quantitative estimate of drug-likeness (QED) is 0.810. The van der Waals surface area contributed by atoms with Gasteiger partial charge >= 0.3 is 11.8 Å². The molecule has 2 aromatic carbocycles. The molecule has 2 aromatic rings. The first-order valence-corrected chi connectivity index (χ1v) is 8.63. The number of amides is 3. The second-order valence-electron chi connectivity index (χ2n) is 6.58. The monoisotopic (exact) mass is 369 g/mol. The van der Waals surface area contributed by atoms with Crippen LogP contribution in [0.15, 0.2) is 48.5 Å². The first-order chi connectivity index (χ1) is 12.9. The standard InChI is InChI=1S/C20H20FN3O3/c1-12(2)24-16-6-4-3-5-15(16)17(20(24)27)23-19(26)18(25)22-11-13-7-9-14(21)10-8-13/h3-10,12,17H,11H2,1-2H3,(H,22,25)(H,23,26)/t17-/m0/s1. The van der Waals surface area contributed by atoms with Crippen molar-refractivity contribution < 1.29 is 18.8 Å². The number of carbonyl (C=O) groups is 3. The average Bonchev–Trinajstić information content (AvgIpc) is 2.93. The fraction of sp³-hybridized carbons (Fsp3) is 0.250. The Hall–Kier alpha value is -3.22. The molecule has 0 saturated carbocycles. The van der Waals surface area contributed by atoms with Crippen molar-refractivity contribution in [1.29, 1.82) is 0 Å². The van der Waals surface area contributed by atoms with Crippen LogP contribution in [0.5, 0.6) is 0 Å². The molecule has 6 nitrogen and oxygen atoms in total. The summed E-state index contributed by atoms with van der Waals surface area (Å²) in [6.07, 6.45) is 0. The summed E-state index contributed by atoms with van der Waals surface area (Å²) < 4.78 is 12.9. The van der Waals surface area contributed by atoms with E-state index in [2.05, 4.69) is 10.6 Å². The summed E-state index contributed by atoms with van der Waals surface area (Å²) in [5, 5.41) is 4.98. The van der Waals surface area contributed by atoms with Gasteiger partial charge in [0, 0.05) is 23.8 Å². The van der Waals surface area contributed by atoms with Gasteiger partial charge in [0.2, 0.25) is 0 Å². The Bertz CT molecular complexity index is 880. The lowest BCUT2D eigenvalue weighted by atomic mass is 10.1. The van der Waals surface area contributed by atoms with E-state index in [1.54, 1.807) is 17.0 Å². The molecule has 0 fully saturated rings. The largest absolute Gasteiger partial charge is 0.344 e. The molecule has 0 unspecified atom stereocenters. The van der Waals surface area contributed by atoms with Gasteiger partial charge in [-0.05, 0) is 37.6 Å². The summed E-state index contributed by atoms with van der Waals surface area (Å²) >= 11 is 0. The van der Waals surface area contributed by atoms with Gasteiger partial charge in [-0.1, -0.05) is 30.3 Å². The Morgan fingerprint density at radius 1 is 1.07 bits per heavy atom. The van der Waals surface area contributed by atoms with Crippen LogP contribution in [0, 0.1) is 5.82 Å². The number of hydrogen-bond acceptors (Lipinski definition) is 3. The van der Waals surface area contributed by atoms with Crippen molar-refractivity contribution in [1.82, 2.24) is 10.6 Å². The van der Waals surface area contributed by atoms with Gasteiger partial charge in [-0.25, -0.2) is 4.39 Å². The lowest BCUT2D eigenvalue weighted by Gasteiger charge is -2.22. The second kappa shape index (κ2) is 7.57. The maximum Gasteiger partial charge on any atom is 0.310 e. The van der Waals surface area contributed by atoms with Crippen molar-refractivity contribution in [3.63, 3.8) is 0 Å². The molecule has 1 heterocycles. The van der Waals surface area contributed by atoms with Crippen LogP contribution in [0.25, 0.3) is 0 Å². The lowest BCUT2D eigenvalue weighted by Crippen LogP contribution is -2.45. The van der Waals surface area contributed by atoms with E-state index in [4.69, 9.17) is 0 Å². The highest BCUT2D eigenvalue weighted by atomic mass is 19.1. The maximum atomic E-state index is 12.9. The third-order valence-electron chi connectivity index (χ3n) is 4.36. The molecule has 1 atom stereocenters. The molecular formula is C20H20FN3O3. The third kappa shape index (κ3) is 3.81. The fourth-order valence-electron chi connectivity index (χ4n) is 3.08. The van der Waals surface area contributed by atoms with Gasteiger partial charge in [-0.3, -0.25) is 14.4 Å². The summed E-state index contributed by atoms with van der Waals surface area (Å²) in [6, 6.07) is 11.8. The number of hydrogen-bond donors (Lipinski definition) is 2. The van der Waals surface area contributed by atoms with Crippen LogP contribution in [-0.4, -0.2) is 23.8 Å². The number of nitrogens with zero attached hydrogens (tertiary/aromatic N) is 1. The van der Waals surface area contributed by atoms with Gasteiger partial charge in [0.15, 0.2) is 0 Å². The van der Waals surface area contributed by atoms with Gasteiger partial charge in [-0.2, -0.15) is 0 Å². The number of anilines is 1. The van der Waals surface area contributed by atoms with E-state index in [1.165, 1.54) is 24.3 Å². The highest BCUT2D eigenvalue weighted by Crippen LogP contribution is 2.36. The van der Waals surface area contributed by atoms with Gasteiger partial charge in [0.05, 0.1) is 0 Å². The number of carbonyl (C=O) groups excluding carboxylic acids is 3. The van der Waals surface area contributed by atoms with Gasteiger partial charge in [-0.15, -0.1) is 0 Å². The molecule has 27 heavy (non-hydrogen) atoms. The Balaban J connectivity index is 1.67. The summed E-state index contributed by atoms with van der Waals surface area (Å²) in [5.41, 5.74) is 2.05. The van der Waals surface area contributed by atoms with E-state index in [0.29, 0.717) is 11.1 Å². The number of halogens is 1. The Morgan fingerprint density at radius 3 is 2.41 bits per heavy atom. The maximum absolute atomic E-state index is 12.9. The van der Waals surface area contributed by atoms with Gasteiger partial charge < -0.3 is 15.5 Å². The van der Waals surface area contributed by atoms with E-state index in [1.807, 2.05) is 26.0 Å². The Morgan fingerprint density at radius 2 is 1.74 bits per heavy atom. The number of para-hydroxylation sites is 1. The SMILES string of the molecule is CC(C)N1C(=O)[C@@H](NC(=O)C(=O)NCc2ccc(F)cc2)c2ccccc21. The van der Waals surface area contributed by atoms with Crippen LogP contribution in [-0.2, 0) is 20.9 Å². The number of rotatable bonds is 4. The van der Waals surface area contributed by atoms with Crippen LogP contribution in [0.3, 0.4) is 0 Å². The molecule has 3 amide bonds. The third-order valence-corrected chi connectivity index (χ3v) is 4.36. The van der Waals surface area contributed by atoms with Crippen LogP contribution >= 0.6 is 0 Å². The van der Waals surface area contributed by atoms with Crippen LogP contribution in [0.2, 0.25) is 0 Å². The van der Waals surface area contributed by atoms with Crippen LogP contribution in [0.4, 0.5) is 10.1 Å². The van der Waals surface area contributed by atoms with E-state index >= 15 is 0 Å². The normalized spacial score (nSPS) is 15.6. The molecule has 0 aromatic heterocycles. The minimum atomic E-state index is -0.896. The summed E-state index contributed by atoms with van der Waals surface area (Å²) in [6.45, 7) is 3.85. The molecule has 1 aliphatic rings. The van der Waals surface area contributed by atoms with Gasteiger partial charge in [0.1, 0.15) is 11.9 Å². The molecule has 0 saturated heterocycles. The van der Waals surface area contributed by atoms with Crippen LogP contribution < -0.4 is 15.5 Å². The molecule has 1 aliphatic heterocycles.